The first-order chi connectivity index (χ1) is 9.97. The maximum atomic E-state index is 11.6. The Morgan fingerprint density at radius 2 is 2.10 bits per heavy atom. The molecule has 0 aromatic heterocycles. The molecule has 0 saturated carbocycles. The van der Waals surface area contributed by atoms with Gasteiger partial charge < -0.3 is 25.6 Å². The van der Waals surface area contributed by atoms with Crippen molar-refractivity contribution in [2.24, 2.45) is 5.73 Å². The van der Waals surface area contributed by atoms with E-state index in [0.717, 1.165) is 0 Å². The van der Waals surface area contributed by atoms with Crippen LogP contribution in [0.5, 0.6) is 11.5 Å². The normalized spacial score (nSPS) is 13.4. The Balaban J connectivity index is 2.62. The summed E-state index contributed by atoms with van der Waals surface area (Å²) in [5.74, 6) is 1.04. The fourth-order valence-electron chi connectivity index (χ4n) is 1.87. The first-order valence-corrected chi connectivity index (χ1v) is 6.90. The van der Waals surface area contributed by atoms with Crippen molar-refractivity contribution in [3.05, 3.63) is 23.8 Å². The third-order valence-electron chi connectivity index (χ3n) is 3.12. The summed E-state index contributed by atoms with van der Waals surface area (Å²) in [4.78, 5) is 11.6. The number of nitrogens with two attached hydrogens (primary N) is 1. The van der Waals surface area contributed by atoms with Gasteiger partial charge in [-0.3, -0.25) is 4.79 Å². The maximum absolute atomic E-state index is 11.6. The minimum Gasteiger partial charge on any atom is -0.497 e. The van der Waals surface area contributed by atoms with Crippen molar-refractivity contribution in [3.8, 4) is 11.5 Å². The summed E-state index contributed by atoms with van der Waals surface area (Å²) in [5.41, 5.74) is 6.17. The van der Waals surface area contributed by atoms with Gasteiger partial charge >= 0.3 is 0 Å². The van der Waals surface area contributed by atoms with Gasteiger partial charge in [0.25, 0.3) is 0 Å². The Hall–Kier alpha value is -1.79. The van der Waals surface area contributed by atoms with Crippen molar-refractivity contribution in [1.29, 1.82) is 0 Å². The average molecular weight is 296 g/mol. The fraction of sp³-hybridized carbons (Fsp3) is 0.533. The zero-order valence-electron chi connectivity index (χ0n) is 12.8. The molecular formula is C15H24N2O4. The molecule has 0 bridgehead atoms. The number of ether oxygens (including phenoxy) is 2. The lowest BCUT2D eigenvalue weighted by molar-refractivity contribution is -0.121. The van der Waals surface area contributed by atoms with Crippen molar-refractivity contribution >= 4 is 5.91 Å². The molecule has 118 valence electrons. The molecule has 0 fully saturated rings. The van der Waals surface area contributed by atoms with Crippen molar-refractivity contribution in [2.45, 2.75) is 31.9 Å². The Morgan fingerprint density at radius 3 is 2.67 bits per heavy atom. The Labute approximate surface area is 125 Å². The van der Waals surface area contributed by atoms with Crippen LogP contribution in [0.2, 0.25) is 0 Å². The van der Waals surface area contributed by atoms with E-state index in [9.17, 15) is 9.90 Å². The van der Waals surface area contributed by atoms with Gasteiger partial charge in [-0.25, -0.2) is 0 Å². The molecule has 2 unspecified atom stereocenters. The number of nitrogens with one attached hydrogen (secondary N) is 1. The third-order valence-corrected chi connectivity index (χ3v) is 3.12. The second-order valence-corrected chi connectivity index (χ2v) is 4.94. The van der Waals surface area contributed by atoms with Crippen LogP contribution in [0.15, 0.2) is 18.2 Å². The third kappa shape index (κ3) is 5.61. The van der Waals surface area contributed by atoms with E-state index in [1.807, 2.05) is 6.92 Å². The van der Waals surface area contributed by atoms with E-state index < -0.39 is 6.10 Å². The molecule has 0 saturated heterocycles. The van der Waals surface area contributed by atoms with E-state index in [0.29, 0.717) is 29.9 Å². The molecule has 4 N–H and O–H groups in total. The number of amides is 1. The zero-order valence-corrected chi connectivity index (χ0v) is 12.8. The molecule has 1 rings (SSSR count). The highest BCUT2D eigenvalue weighted by Gasteiger charge is 2.15. The first-order valence-electron chi connectivity index (χ1n) is 6.90. The van der Waals surface area contributed by atoms with Crippen molar-refractivity contribution < 1.29 is 19.4 Å². The highest BCUT2D eigenvalue weighted by molar-refractivity contribution is 5.75. The lowest BCUT2D eigenvalue weighted by Gasteiger charge is -2.16. The molecule has 21 heavy (non-hydrogen) atoms. The molecule has 1 aromatic carbocycles. The van der Waals surface area contributed by atoms with Gasteiger partial charge in [0.2, 0.25) is 5.91 Å². The molecule has 2 atom stereocenters. The number of hydrogen-bond acceptors (Lipinski definition) is 5. The van der Waals surface area contributed by atoms with Crippen LogP contribution in [0.1, 0.15) is 31.4 Å². The molecule has 6 nitrogen and oxygen atoms in total. The Morgan fingerprint density at radius 1 is 1.38 bits per heavy atom. The minimum absolute atomic E-state index is 0.0147. The number of methoxy groups -OCH3 is 2. The standard InChI is InChI=1S/C15H24N2O4/c1-10(16)4-7-15(19)17-9-13(18)12-8-11(20-2)5-6-14(12)21-3/h5-6,8,10,13,18H,4,7,9,16H2,1-3H3,(H,17,19). The number of aliphatic hydroxyl groups excluding tert-OH is 1. The van der Waals surface area contributed by atoms with Gasteiger partial charge in [0, 0.05) is 24.6 Å². The van der Waals surface area contributed by atoms with Gasteiger partial charge in [-0.15, -0.1) is 0 Å². The van der Waals surface area contributed by atoms with Crippen LogP contribution in [0.25, 0.3) is 0 Å². The summed E-state index contributed by atoms with van der Waals surface area (Å²) in [6, 6.07) is 5.14. The van der Waals surface area contributed by atoms with Crippen LogP contribution >= 0.6 is 0 Å². The van der Waals surface area contributed by atoms with Crippen LogP contribution in [-0.4, -0.2) is 37.8 Å². The molecule has 0 aliphatic carbocycles. The minimum atomic E-state index is -0.866. The van der Waals surface area contributed by atoms with E-state index in [1.165, 1.54) is 7.11 Å². The number of carbonyl (C=O) groups is 1. The molecule has 1 aromatic rings. The molecular weight excluding hydrogens is 272 g/mol. The Bertz CT molecular complexity index is 463. The number of rotatable bonds is 8. The predicted molar refractivity (Wildman–Crippen MR) is 80.4 cm³/mol. The summed E-state index contributed by atoms with van der Waals surface area (Å²) in [6.45, 7) is 1.96. The van der Waals surface area contributed by atoms with E-state index in [4.69, 9.17) is 15.2 Å². The molecule has 1 amide bonds. The smallest absolute Gasteiger partial charge is 0.220 e. The summed E-state index contributed by atoms with van der Waals surface area (Å²) < 4.78 is 10.3. The van der Waals surface area contributed by atoms with E-state index in [2.05, 4.69) is 5.32 Å². The molecule has 0 aliphatic rings. The molecule has 0 spiro atoms. The van der Waals surface area contributed by atoms with Crippen LogP contribution in [0.3, 0.4) is 0 Å². The van der Waals surface area contributed by atoms with Crippen LogP contribution in [0.4, 0.5) is 0 Å². The second-order valence-electron chi connectivity index (χ2n) is 4.94. The largest absolute Gasteiger partial charge is 0.497 e. The second kappa shape index (κ2) is 8.49. The van der Waals surface area contributed by atoms with Gasteiger partial charge in [-0.05, 0) is 31.5 Å². The number of aliphatic hydroxyl groups is 1. The average Bonchev–Trinajstić information content (AvgIpc) is 2.49. The Kier molecular flexibility index (Phi) is 6.98. The number of benzene rings is 1. The van der Waals surface area contributed by atoms with E-state index in [1.54, 1.807) is 25.3 Å². The zero-order chi connectivity index (χ0) is 15.8. The predicted octanol–water partition coefficient (Wildman–Crippen LogP) is 0.981. The summed E-state index contributed by atoms with van der Waals surface area (Å²) in [7, 11) is 3.08. The molecule has 0 radical (unpaired) electrons. The fourth-order valence-corrected chi connectivity index (χ4v) is 1.87. The molecule has 0 heterocycles. The quantitative estimate of drug-likeness (QED) is 0.665. The van der Waals surface area contributed by atoms with Crippen molar-refractivity contribution in [3.63, 3.8) is 0 Å². The lowest BCUT2D eigenvalue weighted by Crippen LogP contribution is -2.29. The summed E-state index contributed by atoms with van der Waals surface area (Å²) >= 11 is 0. The van der Waals surface area contributed by atoms with Crippen LogP contribution in [0, 0.1) is 0 Å². The number of hydrogen-bond donors (Lipinski definition) is 3. The first kappa shape index (κ1) is 17.3. The van der Waals surface area contributed by atoms with Crippen LogP contribution < -0.4 is 20.5 Å². The lowest BCUT2D eigenvalue weighted by atomic mass is 10.1. The van der Waals surface area contributed by atoms with Gasteiger partial charge in [0.05, 0.1) is 20.3 Å². The van der Waals surface area contributed by atoms with Gasteiger partial charge in [0.1, 0.15) is 11.5 Å². The summed E-state index contributed by atoms with van der Waals surface area (Å²) in [6.07, 6.45) is 0.0960. The number of carbonyl (C=O) groups excluding carboxylic acids is 1. The highest BCUT2D eigenvalue weighted by atomic mass is 16.5. The van der Waals surface area contributed by atoms with Crippen LogP contribution in [-0.2, 0) is 4.79 Å². The molecule has 0 aliphatic heterocycles. The maximum Gasteiger partial charge on any atom is 0.220 e. The van der Waals surface area contributed by atoms with Gasteiger partial charge in [0.15, 0.2) is 0 Å². The molecule has 6 heteroatoms. The summed E-state index contributed by atoms with van der Waals surface area (Å²) in [5, 5.41) is 12.9. The van der Waals surface area contributed by atoms with Gasteiger partial charge in [-0.2, -0.15) is 0 Å². The van der Waals surface area contributed by atoms with Gasteiger partial charge in [-0.1, -0.05) is 0 Å². The van der Waals surface area contributed by atoms with Crippen molar-refractivity contribution in [2.75, 3.05) is 20.8 Å². The SMILES string of the molecule is COc1ccc(OC)c(C(O)CNC(=O)CCC(C)N)c1. The van der Waals surface area contributed by atoms with Crippen molar-refractivity contribution in [1.82, 2.24) is 5.32 Å². The highest BCUT2D eigenvalue weighted by Crippen LogP contribution is 2.29. The van der Waals surface area contributed by atoms with E-state index >= 15 is 0 Å². The topological polar surface area (TPSA) is 93.8 Å². The monoisotopic (exact) mass is 296 g/mol. The van der Waals surface area contributed by atoms with E-state index in [-0.39, 0.29) is 18.5 Å².